The number of benzene rings is 1. The molecule has 0 radical (unpaired) electrons. The molecule has 2 atom stereocenters. The SMILES string of the molecule is C[C@@H]1CN(C(C)(C)CNC(=O)NCCCCOc2ccc(Cl)cc2)C[C@@H](C)O1. The predicted molar refractivity (Wildman–Crippen MR) is 113 cm³/mol. The number of hydrogen-bond donors (Lipinski definition) is 2. The molecule has 158 valence electrons. The average Bonchev–Trinajstić information content (AvgIpc) is 2.63. The van der Waals surface area contributed by atoms with Gasteiger partial charge in [-0.15, -0.1) is 0 Å². The molecule has 1 aromatic rings. The molecule has 1 heterocycles. The molecular weight excluding hydrogens is 378 g/mol. The number of unbranched alkanes of at least 4 members (excludes halogenated alkanes) is 1. The van der Waals surface area contributed by atoms with Crippen LogP contribution in [0.1, 0.15) is 40.5 Å². The molecule has 7 heteroatoms. The quantitative estimate of drug-likeness (QED) is 0.608. The Balaban J connectivity index is 1.57. The molecule has 2 N–H and O–H groups in total. The van der Waals surface area contributed by atoms with E-state index in [1.807, 2.05) is 24.3 Å². The monoisotopic (exact) mass is 411 g/mol. The number of morpholine rings is 1. The third kappa shape index (κ3) is 7.86. The average molecular weight is 412 g/mol. The summed E-state index contributed by atoms with van der Waals surface area (Å²) >= 11 is 5.84. The number of halogens is 1. The molecule has 1 aromatic carbocycles. The van der Waals surface area contributed by atoms with E-state index < -0.39 is 0 Å². The molecule has 0 aliphatic carbocycles. The number of nitrogens with zero attached hydrogens (tertiary/aromatic N) is 1. The number of rotatable bonds is 9. The number of hydrogen-bond acceptors (Lipinski definition) is 4. The Labute approximate surface area is 173 Å². The largest absolute Gasteiger partial charge is 0.494 e. The smallest absolute Gasteiger partial charge is 0.314 e. The summed E-state index contributed by atoms with van der Waals surface area (Å²) in [4.78, 5) is 14.5. The minimum absolute atomic E-state index is 0.115. The molecule has 0 saturated carbocycles. The van der Waals surface area contributed by atoms with Crippen molar-refractivity contribution in [3.8, 4) is 5.75 Å². The highest BCUT2D eigenvalue weighted by Crippen LogP contribution is 2.20. The highest BCUT2D eigenvalue weighted by molar-refractivity contribution is 6.30. The van der Waals surface area contributed by atoms with Gasteiger partial charge in [0.2, 0.25) is 0 Å². The van der Waals surface area contributed by atoms with Crippen LogP contribution in [-0.4, -0.2) is 61.5 Å². The number of urea groups is 1. The summed E-state index contributed by atoms with van der Waals surface area (Å²) in [6.45, 7) is 12.1. The Bertz CT molecular complexity index is 599. The van der Waals surface area contributed by atoms with Gasteiger partial charge in [-0.2, -0.15) is 0 Å². The summed E-state index contributed by atoms with van der Waals surface area (Å²) in [7, 11) is 0. The van der Waals surface area contributed by atoms with E-state index in [1.54, 1.807) is 0 Å². The Hall–Kier alpha value is -1.50. The lowest BCUT2D eigenvalue weighted by molar-refractivity contribution is -0.0947. The second-order valence-electron chi connectivity index (χ2n) is 8.09. The number of ether oxygens (including phenoxy) is 2. The third-order valence-corrected chi connectivity index (χ3v) is 5.15. The topological polar surface area (TPSA) is 62.8 Å². The maximum Gasteiger partial charge on any atom is 0.314 e. The maximum atomic E-state index is 12.1. The van der Waals surface area contributed by atoms with E-state index in [9.17, 15) is 4.79 Å². The molecule has 1 aliphatic heterocycles. The van der Waals surface area contributed by atoms with Crippen molar-refractivity contribution in [2.75, 3.05) is 32.8 Å². The van der Waals surface area contributed by atoms with E-state index in [4.69, 9.17) is 21.1 Å². The molecule has 0 unspecified atom stereocenters. The second kappa shape index (κ2) is 10.9. The summed E-state index contributed by atoms with van der Waals surface area (Å²) in [5.41, 5.74) is -0.115. The van der Waals surface area contributed by atoms with Gasteiger partial charge in [-0.25, -0.2) is 4.79 Å². The highest BCUT2D eigenvalue weighted by atomic mass is 35.5. The number of carbonyl (C=O) groups excluding carboxylic acids is 1. The summed E-state index contributed by atoms with van der Waals surface area (Å²) in [5, 5.41) is 6.61. The minimum atomic E-state index is -0.124. The minimum Gasteiger partial charge on any atom is -0.494 e. The van der Waals surface area contributed by atoms with Crippen LogP contribution in [0.5, 0.6) is 5.75 Å². The zero-order valence-electron chi connectivity index (χ0n) is 17.5. The van der Waals surface area contributed by atoms with Gasteiger partial charge in [0.1, 0.15) is 5.75 Å². The molecule has 28 heavy (non-hydrogen) atoms. The van der Waals surface area contributed by atoms with Crippen molar-refractivity contribution in [3.63, 3.8) is 0 Å². The highest BCUT2D eigenvalue weighted by Gasteiger charge is 2.33. The van der Waals surface area contributed by atoms with Crippen molar-refractivity contribution in [1.29, 1.82) is 0 Å². The summed E-state index contributed by atoms with van der Waals surface area (Å²) in [5.74, 6) is 0.809. The summed E-state index contributed by atoms with van der Waals surface area (Å²) in [6, 6.07) is 7.20. The molecule has 0 bridgehead atoms. The zero-order valence-corrected chi connectivity index (χ0v) is 18.2. The Kier molecular flexibility index (Phi) is 8.86. The fourth-order valence-electron chi connectivity index (χ4n) is 3.29. The van der Waals surface area contributed by atoms with Crippen molar-refractivity contribution in [1.82, 2.24) is 15.5 Å². The van der Waals surface area contributed by atoms with E-state index in [2.05, 4.69) is 43.2 Å². The van der Waals surface area contributed by atoms with Gasteiger partial charge in [0.05, 0.1) is 18.8 Å². The van der Waals surface area contributed by atoms with Crippen LogP contribution in [0.4, 0.5) is 4.79 Å². The molecule has 0 spiro atoms. The van der Waals surface area contributed by atoms with E-state index in [0.717, 1.165) is 31.7 Å². The van der Waals surface area contributed by atoms with Crippen molar-refractivity contribution in [2.45, 2.75) is 58.3 Å². The first-order valence-electron chi connectivity index (χ1n) is 10.1. The zero-order chi connectivity index (χ0) is 20.6. The van der Waals surface area contributed by atoms with Crippen LogP contribution in [0.3, 0.4) is 0 Å². The van der Waals surface area contributed by atoms with Crippen LogP contribution >= 0.6 is 11.6 Å². The molecule has 1 saturated heterocycles. The normalized spacial score (nSPS) is 20.6. The van der Waals surface area contributed by atoms with Gasteiger partial charge in [0.15, 0.2) is 0 Å². The van der Waals surface area contributed by atoms with E-state index in [0.29, 0.717) is 24.7 Å². The van der Waals surface area contributed by atoms with E-state index in [1.165, 1.54) is 0 Å². The van der Waals surface area contributed by atoms with Crippen LogP contribution in [0, 0.1) is 0 Å². The molecule has 2 amide bonds. The van der Waals surface area contributed by atoms with Gasteiger partial charge in [-0.05, 0) is 64.8 Å². The lowest BCUT2D eigenvalue weighted by Gasteiger charge is -2.45. The third-order valence-electron chi connectivity index (χ3n) is 4.90. The van der Waals surface area contributed by atoms with Crippen molar-refractivity contribution < 1.29 is 14.3 Å². The van der Waals surface area contributed by atoms with Crippen molar-refractivity contribution in [3.05, 3.63) is 29.3 Å². The fraction of sp³-hybridized carbons (Fsp3) is 0.667. The first-order valence-corrected chi connectivity index (χ1v) is 10.4. The molecule has 2 rings (SSSR count). The van der Waals surface area contributed by atoms with Gasteiger partial charge in [0, 0.05) is 36.7 Å². The van der Waals surface area contributed by atoms with Gasteiger partial charge < -0.3 is 20.1 Å². The van der Waals surface area contributed by atoms with Crippen LogP contribution in [0.2, 0.25) is 5.02 Å². The Morgan fingerprint density at radius 1 is 1.18 bits per heavy atom. The summed E-state index contributed by atoms with van der Waals surface area (Å²) in [6.07, 6.45) is 2.17. The fourth-order valence-corrected chi connectivity index (χ4v) is 3.42. The number of amides is 2. The molecule has 6 nitrogen and oxygen atoms in total. The molecular formula is C21H34ClN3O3. The van der Waals surface area contributed by atoms with Crippen LogP contribution in [0.25, 0.3) is 0 Å². The lowest BCUT2D eigenvalue weighted by atomic mass is 10.00. The first kappa shape index (κ1) is 22.8. The lowest BCUT2D eigenvalue weighted by Crippen LogP contribution is -2.59. The standard InChI is InChI=1S/C21H34ClN3O3/c1-16-13-25(14-17(2)28-16)21(3,4)15-24-20(26)23-11-5-6-12-27-19-9-7-18(22)8-10-19/h7-10,16-17H,5-6,11-15H2,1-4H3,(H2,23,24,26)/t16-,17-/m1/s1. The first-order chi connectivity index (χ1) is 13.3. The van der Waals surface area contributed by atoms with E-state index >= 15 is 0 Å². The van der Waals surface area contributed by atoms with Gasteiger partial charge in [0.25, 0.3) is 0 Å². The van der Waals surface area contributed by atoms with Crippen molar-refractivity contribution in [2.24, 2.45) is 0 Å². The predicted octanol–water partition coefficient (Wildman–Crippen LogP) is 3.69. The van der Waals surface area contributed by atoms with Crippen LogP contribution in [-0.2, 0) is 4.74 Å². The molecule has 1 aliphatic rings. The number of nitrogens with one attached hydrogen (secondary N) is 2. The van der Waals surface area contributed by atoms with Crippen LogP contribution in [0.15, 0.2) is 24.3 Å². The Morgan fingerprint density at radius 2 is 1.82 bits per heavy atom. The van der Waals surface area contributed by atoms with Gasteiger partial charge >= 0.3 is 6.03 Å². The Morgan fingerprint density at radius 3 is 2.46 bits per heavy atom. The van der Waals surface area contributed by atoms with Crippen molar-refractivity contribution >= 4 is 17.6 Å². The van der Waals surface area contributed by atoms with Crippen LogP contribution < -0.4 is 15.4 Å². The summed E-state index contributed by atoms with van der Waals surface area (Å²) < 4.78 is 11.4. The van der Waals surface area contributed by atoms with E-state index in [-0.39, 0.29) is 23.8 Å². The second-order valence-corrected chi connectivity index (χ2v) is 8.53. The van der Waals surface area contributed by atoms with Gasteiger partial charge in [-0.1, -0.05) is 11.6 Å². The maximum absolute atomic E-state index is 12.1. The van der Waals surface area contributed by atoms with Gasteiger partial charge in [-0.3, -0.25) is 4.90 Å². The molecule has 0 aromatic heterocycles. The molecule has 1 fully saturated rings. The number of carbonyl (C=O) groups is 1.